The Morgan fingerprint density at radius 3 is 2.65 bits per heavy atom. The Hall–Kier alpha value is -2.36. The number of nitrogens with one attached hydrogen (secondary N) is 2. The maximum atomic E-state index is 13.3. The van der Waals surface area contributed by atoms with Crippen LogP contribution in [-0.2, 0) is 0 Å². The van der Waals surface area contributed by atoms with E-state index in [2.05, 4.69) is 21.1 Å². The minimum atomic E-state index is -0.595. The number of para-hydroxylation sites is 1. The van der Waals surface area contributed by atoms with Gasteiger partial charge in [0.1, 0.15) is 12.1 Å². The first-order valence-electron chi connectivity index (χ1n) is 8.31. The van der Waals surface area contributed by atoms with Gasteiger partial charge in [0.15, 0.2) is 0 Å². The van der Waals surface area contributed by atoms with Gasteiger partial charge in [0, 0.05) is 6.20 Å². The van der Waals surface area contributed by atoms with Crippen LogP contribution in [0.4, 0.5) is 4.48 Å². The van der Waals surface area contributed by atoms with Crippen LogP contribution in [0.3, 0.4) is 0 Å². The summed E-state index contributed by atoms with van der Waals surface area (Å²) in [6, 6.07) is 9.76. The Kier molecular flexibility index (Phi) is 5.92. The molecule has 0 bridgehead atoms. The molecule has 2 aliphatic heterocycles. The number of rotatable bonds is 5. The zero-order chi connectivity index (χ0) is 17.1. The lowest BCUT2D eigenvalue weighted by Crippen LogP contribution is -2.41. The largest absolute Gasteiger partial charge is 0.465 e. The van der Waals surface area contributed by atoms with Gasteiger partial charge in [-0.1, -0.05) is 28.2 Å². The number of hydrogen-bond donors (Lipinski definition) is 2. The minimum Gasteiger partial charge on any atom is -0.465 e. The molecule has 1 saturated heterocycles. The van der Waals surface area contributed by atoms with Crippen molar-refractivity contribution in [2.45, 2.75) is 25.1 Å². The van der Waals surface area contributed by atoms with Gasteiger partial charge in [0.25, 0.3) is 0 Å². The number of piperidine rings is 1. The second kappa shape index (κ2) is 8.35. The van der Waals surface area contributed by atoms with E-state index in [9.17, 15) is 4.48 Å². The lowest BCUT2D eigenvalue weighted by atomic mass is 10.1. The van der Waals surface area contributed by atoms with Crippen molar-refractivity contribution >= 4 is 18.7 Å². The van der Waals surface area contributed by atoms with Crippen LogP contribution >= 0.6 is 12.4 Å². The molecule has 8 nitrogen and oxygen atoms in total. The number of halogens is 2. The van der Waals surface area contributed by atoms with E-state index in [0.29, 0.717) is 11.8 Å². The van der Waals surface area contributed by atoms with E-state index in [-0.39, 0.29) is 17.7 Å². The fraction of sp³-hybridized carbons (Fsp3) is 0.375. The Morgan fingerprint density at radius 1 is 1.19 bits per heavy atom. The lowest BCUT2D eigenvalue weighted by molar-refractivity contribution is -0.0991. The quantitative estimate of drug-likeness (QED) is 0.774. The molecule has 0 radical (unpaired) electrons. The number of hydrazone groups is 1. The average molecular weight is 382 g/mol. The van der Waals surface area contributed by atoms with E-state index in [1.54, 1.807) is 6.20 Å². The zero-order valence-corrected chi connectivity index (χ0v) is 14.8. The normalized spacial score (nSPS) is 18.7. The van der Waals surface area contributed by atoms with Crippen molar-refractivity contribution in [2.75, 3.05) is 13.1 Å². The highest BCUT2D eigenvalue weighted by atomic mass is 35.5. The summed E-state index contributed by atoms with van der Waals surface area (Å²) in [5, 5.41) is 13.0. The van der Waals surface area contributed by atoms with Gasteiger partial charge in [0.05, 0.1) is 17.8 Å². The van der Waals surface area contributed by atoms with Gasteiger partial charge in [-0.2, -0.15) is 5.10 Å². The van der Waals surface area contributed by atoms with Crippen LogP contribution in [0.5, 0.6) is 5.75 Å². The molecule has 4 rings (SSSR count). The van der Waals surface area contributed by atoms with E-state index >= 15 is 0 Å². The third-order valence-electron chi connectivity index (χ3n) is 4.31. The fourth-order valence-corrected chi connectivity index (χ4v) is 3.03. The van der Waals surface area contributed by atoms with Crippen LogP contribution in [0.15, 0.2) is 47.8 Å². The molecule has 2 aliphatic rings. The number of nitrogens with zero attached hydrogens (tertiary/aromatic N) is 5. The van der Waals surface area contributed by atoms with Crippen molar-refractivity contribution in [3.05, 3.63) is 48.3 Å². The highest BCUT2D eigenvalue weighted by molar-refractivity contribution is 5.85. The SMILES string of the molecule is Cl.FN1N=CN(C(Oc2ccccc2)c2cnn(C3CCNCC3)c2)N1. The maximum Gasteiger partial charge on any atom is 0.217 e. The van der Waals surface area contributed by atoms with Gasteiger partial charge in [-0.3, -0.25) is 4.68 Å². The van der Waals surface area contributed by atoms with Crippen LogP contribution in [0.1, 0.15) is 30.7 Å². The predicted octanol–water partition coefficient (Wildman–Crippen LogP) is 2.17. The molecule has 0 amide bonds. The second-order valence-corrected chi connectivity index (χ2v) is 6.02. The molecule has 3 heterocycles. The van der Waals surface area contributed by atoms with Gasteiger partial charge in [0.2, 0.25) is 6.23 Å². The zero-order valence-electron chi connectivity index (χ0n) is 14.0. The first-order valence-corrected chi connectivity index (χ1v) is 8.31. The first-order chi connectivity index (χ1) is 12.3. The van der Waals surface area contributed by atoms with Crippen LogP contribution in [-0.4, -0.2) is 39.6 Å². The lowest BCUT2D eigenvalue weighted by Gasteiger charge is -2.26. The summed E-state index contributed by atoms with van der Waals surface area (Å²) >= 11 is 0. The molecule has 1 fully saturated rings. The van der Waals surface area contributed by atoms with Crippen molar-refractivity contribution in [1.29, 1.82) is 0 Å². The van der Waals surface area contributed by atoms with Gasteiger partial charge < -0.3 is 10.1 Å². The van der Waals surface area contributed by atoms with Crippen molar-refractivity contribution in [2.24, 2.45) is 5.10 Å². The summed E-state index contributed by atoms with van der Waals surface area (Å²) in [4.78, 5) is 0. The highest BCUT2D eigenvalue weighted by Gasteiger charge is 2.28. The Bertz CT molecular complexity index is 722. The van der Waals surface area contributed by atoms with Crippen LogP contribution < -0.4 is 15.6 Å². The molecule has 140 valence electrons. The molecule has 1 aromatic carbocycles. The molecule has 1 aromatic heterocycles. The summed E-state index contributed by atoms with van der Waals surface area (Å²) in [5.74, 6) is 0.676. The smallest absolute Gasteiger partial charge is 0.217 e. The van der Waals surface area contributed by atoms with Crippen molar-refractivity contribution in [3.8, 4) is 5.75 Å². The number of hydrazine groups is 2. The van der Waals surface area contributed by atoms with Gasteiger partial charge >= 0.3 is 0 Å². The molecule has 2 N–H and O–H groups in total. The number of hydrogen-bond acceptors (Lipinski definition) is 7. The molecule has 0 saturated carbocycles. The maximum absolute atomic E-state index is 13.3. The van der Waals surface area contributed by atoms with Gasteiger partial charge in [-0.25, -0.2) is 5.01 Å². The third-order valence-corrected chi connectivity index (χ3v) is 4.31. The van der Waals surface area contributed by atoms with Crippen molar-refractivity contribution < 1.29 is 9.22 Å². The number of aromatic nitrogens is 2. The van der Waals surface area contributed by atoms with E-state index in [4.69, 9.17) is 4.74 Å². The number of ether oxygens (including phenoxy) is 1. The van der Waals surface area contributed by atoms with E-state index < -0.39 is 6.23 Å². The molecule has 2 aromatic rings. The standard InChI is InChI=1S/C16H20FN7O.ClH/c17-24-20-12-23(21-24)16(25-15-4-2-1-3-5-15)13-10-19-22(11-13)14-6-8-18-9-7-14;/h1-5,10-12,14,16,18,21H,6-9H2;1H. The Labute approximate surface area is 156 Å². The van der Waals surface area contributed by atoms with Gasteiger partial charge in [-0.15, -0.1) is 17.5 Å². The Balaban J connectivity index is 0.00000196. The average Bonchev–Trinajstić information content (AvgIpc) is 3.31. The molecule has 0 spiro atoms. The topological polar surface area (TPSA) is 70.0 Å². The minimum absolute atomic E-state index is 0. The van der Waals surface area contributed by atoms with E-state index in [1.165, 1.54) is 11.3 Å². The molecule has 1 unspecified atom stereocenters. The number of benzene rings is 1. The molecule has 26 heavy (non-hydrogen) atoms. The van der Waals surface area contributed by atoms with Crippen molar-refractivity contribution in [3.63, 3.8) is 0 Å². The van der Waals surface area contributed by atoms with E-state index in [0.717, 1.165) is 31.5 Å². The summed E-state index contributed by atoms with van der Waals surface area (Å²) in [6.45, 7) is 1.97. The Morgan fingerprint density at radius 2 is 1.96 bits per heavy atom. The van der Waals surface area contributed by atoms with E-state index in [1.807, 2.05) is 41.2 Å². The predicted molar refractivity (Wildman–Crippen MR) is 96.8 cm³/mol. The molecular weight excluding hydrogens is 361 g/mol. The van der Waals surface area contributed by atoms with Crippen LogP contribution in [0.25, 0.3) is 0 Å². The summed E-state index contributed by atoms with van der Waals surface area (Å²) in [6.07, 6.45) is 6.53. The van der Waals surface area contributed by atoms with Gasteiger partial charge in [-0.05, 0) is 43.4 Å². The summed E-state index contributed by atoms with van der Waals surface area (Å²) in [5.41, 5.74) is 3.28. The molecule has 1 atom stereocenters. The monoisotopic (exact) mass is 381 g/mol. The van der Waals surface area contributed by atoms with Crippen LogP contribution in [0, 0.1) is 0 Å². The summed E-state index contributed by atoms with van der Waals surface area (Å²) < 4.78 is 21.3. The third kappa shape index (κ3) is 4.06. The summed E-state index contributed by atoms with van der Waals surface area (Å²) in [7, 11) is 0. The molecule has 0 aliphatic carbocycles. The van der Waals surface area contributed by atoms with Crippen LogP contribution in [0.2, 0.25) is 0 Å². The second-order valence-electron chi connectivity index (χ2n) is 6.02. The van der Waals surface area contributed by atoms with Crippen molar-refractivity contribution in [1.82, 2.24) is 31.0 Å². The molecule has 10 heteroatoms. The molecular formula is C16H21ClFN7O. The fourth-order valence-electron chi connectivity index (χ4n) is 3.03. The first kappa shape index (κ1) is 18.4. The highest BCUT2D eigenvalue weighted by Crippen LogP contribution is 2.26.